The normalized spacial score (nSPS) is 20.8. The van der Waals surface area contributed by atoms with Crippen molar-refractivity contribution in [2.45, 2.75) is 37.6 Å². The summed E-state index contributed by atoms with van der Waals surface area (Å²) in [5.74, 6) is 0.386. The van der Waals surface area contributed by atoms with Crippen LogP contribution in [0.2, 0.25) is 0 Å². The van der Waals surface area contributed by atoms with Crippen LogP contribution in [0.4, 0.5) is 0 Å². The van der Waals surface area contributed by atoms with Crippen molar-refractivity contribution in [1.29, 1.82) is 0 Å². The van der Waals surface area contributed by atoms with Crippen LogP contribution in [0.3, 0.4) is 0 Å². The van der Waals surface area contributed by atoms with Gasteiger partial charge in [0.2, 0.25) is 0 Å². The number of likely N-dealkylation sites (tertiary alicyclic amines) is 1. The molecule has 1 aliphatic heterocycles. The number of hydrogen-bond donors (Lipinski definition) is 2. The molecule has 0 saturated carbocycles. The third-order valence-corrected chi connectivity index (χ3v) is 6.45. The average Bonchev–Trinajstić information content (AvgIpc) is 3.25. The number of benzene rings is 2. The molecule has 3 aromatic rings. The third-order valence-electron chi connectivity index (χ3n) is 6.45. The molecule has 2 heterocycles. The van der Waals surface area contributed by atoms with E-state index >= 15 is 0 Å². The van der Waals surface area contributed by atoms with Gasteiger partial charge >= 0.3 is 0 Å². The standard InChI is InChI=1S/C23H24N4O2/c1-24-22(28)15-4-7-17-14(11-15)6-9-21-18(17)3-2-10-27(21)23(29)16-5-8-19-20(12-16)26-13-25-19/h4-5,7-8,11-13,18,21H,2-3,6,9-10H2,1H3,(H,24,28)(H,25,26). The second-order valence-electron chi connectivity index (χ2n) is 7.98. The van der Waals surface area contributed by atoms with Crippen molar-refractivity contribution < 1.29 is 9.59 Å². The van der Waals surface area contributed by atoms with E-state index in [4.69, 9.17) is 0 Å². The van der Waals surface area contributed by atoms with Crippen molar-refractivity contribution in [3.8, 4) is 0 Å². The van der Waals surface area contributed by atoms with E-state index in [0.717, 1.165) is 43.3 Å². The number of nitrogens with zero attached hydrogens (tertiary/aromatic N) is 2. The quantitative estimate of drug-likeness (QED) is 0.707. The van der Waals surface area contributed by atoms with E-state index < -0.39 is 0 Å². The lowest BCUT2D eigenvalue weighted by atomic mass is 9.73. The fourth-order valence-corrected chi connectivity index (χ4v) is 5.04. The zero-order valence-electron chi connectivity index (χ0n) is 16.4. The van der Waals surface area contributed by atoms with Crippen LogP contribution in [-0.4, -0.2) is 46.3 Å². The van der Waals surface area contributed by atoms with Gasteiger partial charge in [0.05, 0.1) is 17.4 Å². The van der Waals surface area contributed by atoms with Gasteiger partial charge in [-0.1, -0.05) is 6.07 Å². The van der Waals surface area contributed by atoms with Crippen molar-refractivity contribution >= 4 is 22.8 Å². The number of piperidine rings is 1. The molecule has 0 spiro atoms. The molecule has 1 aliphatic carbocycles. The maximum atomic E-state index is 13.4. The highest BCUT2D eigenvalue weighted by Crippen LogP contribution is 2.41. The van der Waals surface area contributed by atoms with Crippen molar-refractivity contribution in [3.63, 3.8) is 0 Å². The van der Waals surface area contributed by atoms with Gasteiger partial charge in [-0.2, -0.15) is 0 Å². The number of aromatic amines is 1. The molecular weight excluding hydrogens is 364 g/mol. The summed E-state index contributed by atoms with van der Waals surface area (Å²) in [4.78, 5) is 34.7. The molecule has 1 saturated heterocycles. The molecule has 2 N–H and O–H groups in total. The van der Waals surface area contributed by atoms with Gasteiger partial charge in [-0.25, -0.2) is 4.98 Å². The minimum Gasteiger partial charge on any atom is -0.355 e. The number of imidazole rings is 1. The third kappa shape index (κ3) is 2.99. The highest BCUT2D eigenvalue weighted by Gasteiger charge is 2.38. The van der Waals surface area contributed by atoms with Crippen LogP contribution in [0.5, 0.6) is 0 Å². The lowest BCUT2D eigenvalue weighted by Gasteiger charge is -2.45. The van der Waals surface area contributed by atoms with Crippen molar-refractivity contribution in [2.75, 3.05) is 13.6 Å². The number of carbonyl (C=O) groups is 2. The zero-order valence-corrected chi connectivity index (χ0v) is 16.4. The summed E-state index contributed by atoms with van der Waals surface area (Å²) in [5, 5.41) is 2.70. The Kier molecular flexibility index (Phi) is 4.34. The highest BCUT2D eigenvalue weighted by molar-refractivity contribution is 5.97. The Balaban J connectivity index is 1.44. The maximum Gasteiger partial charge on any atom is 0.254 e. The first-order valence-electron chi connectivity index (χ1n) is 10.2. The largest absolute Gasteiger partial charge is 0.355 e. The monoisotopic (exact) mass is 388 g/mol. The van der Waals surface area contributed by atoms with E-state index in [2.05, 4.69) is 26.3 Å². The minimum atomic E-state index is -0.0513. The van der Waals surface area contributed by atoms with Crippen LogP contribution < -0.4 is 5.32 Å². The zero-order chi connectivity index (χ0) is 20.0. The first-order valence-corrected chi connectivity index (χ1v) is 10.2. The SMILES string of the molecule is CNC(=O)c1ccc2c(c1)CCC1C2CCCN1C(=O)c1ccc2nc[nH]c2c1. The van der Waals surface area contributed by atoms with Crippen LogP contribution in [0.25, 0.3) is 11.0 Å². The number of aryl methyl sites for hydroxylation is 1. The Labute approximate surface area is 169 Å². The van der Waals surface area contributed by atoms with E-state index in [0.29, 0.717) is 17.0 Å². The van der Waals surface area contributed by atoms with Crippen LogP contribution >= 0.6 is 0 Å². The average molecular weight is 388 g/mol. The van der Waals surface area contributed by atoms with Gasteiger partial charge < -0.3 is 15.2 Å². The second-order valence-corrected chi connectivity index (χ2v) is 7.98. The summed E-state index contributed by atoms with van der Waals surface area (Å²) < 4.78 is 0. The molecule has 6 nitrogen and oxygen atoms in total. The van der Waals surface area contributed by atoms with Crippen LogP contribution in [0, 0.1) is 0 Å². The lowest BCUT2D eigenvalue weighted by molar-refractivity contribution is 0.0547. The summed E-state index contributed by atoms with van der Waals surface area (Å²) in [7, 11) is 1.66. The van der Waals surface area contributed by atoms with Gasteiger partial charge in [0, 0.05) is 36.7 Å². The fraction of sp³-hybridized carbons (Fsp3) is 0.348. The molecule has 29 heavy (non-hydrogen) atoms. The van der Waals surface area contributed by atoms with Crippen molar-refractivity contribution in [2.24, 2.45) is 0 Å². The van der Waals surface area contributed by atoms with E-state index in [1.165, 1.54) is 11.1 Å². The fourth-order valence-electron chi connectivity index (χ4n) is 5.04. The molecule has 2 atom stereocenters. The molecule has 1 fully saturated rings. The summed E-state index contributed by atoms with van der Waals surface area (Å²) >= 11 is 0. The van der Waals surface area contributed by atoms with Crippen molar-refractivity contribution in [3.05, 3.63) is 65.0 Å². The molecule has 0 radical (unpaired) electrons. The van der Waals surface area contributed by atoms with E-state index in [1.807, 2.05) is 30.3 Å². The summed E-state index contributed by atoms with van der Waals surface area (Å²) in [6.07, 6.45) is 5.56. The molecule has 148 valence electrons. The molecule has 2 aliphatic rings. The number of H-pyrrole nitrogens is 1. The van der Waals surface area contributed by atoms with Crippen LogP contribution in [0.1, 0.15) is 57.0 Å². The molecule has 6 heteroatoms. The number of carbonyl (C=O) groups excluding carboxylic acids is 2. The molecular formula is C23H24N4O2. The van der Waals surface area contributed by atoms with Crippen LogP contribution in [0.15, 0.2) is 42.7 Å². The van der Waals surface area contributed by atoms with Crippen LogP contribution in [-0.2, 0) is 6.42 Å². The van der Waals surface area contributed by atoms with Gasteiger partial charge in [-0.15, -0.1) is 0 Å². The molecule has 2 unspecified atom stereocenters. The van der Waals surface area contributed by atoms with Gasteiger partial charge in [0.1, 0.15) is 0 Å². The number of rotatable bonds is 2. The Morgan fingerprint density at radius 3 is 2.86 bits per heavy atom. The Hall–Kier alpha value is -3.15. The first-order chi connectivity index (χ1) is 14.2. The topological polar surface area (TPSA) is 78.1 Å². The predicted octanol–water partition coefficient (Wildman–Crippen LogP) is 3.26. The smallest absolute Gasteiger partial charge is 0.254 e. The van der Waals surface area contributed by atoms with Gasteiger partial charge in [0.25, 0.3) is 11.8 Å². The predicted molar refractivity (Wildman–Crippen MR) is 111 cm³/mol. The van der Waals surface area contributed by atoms with Gasteiger partial charge in [-0.3, -0.25) is 9.59 Å². The summed E-state index contributed by atoms with van der Waals surface area (Å²) in [6.45, 7) is 0.798. The summed E-state index contributed by atoms with van der Waals surface area (Å²) in [5.41, 5.74) is 5.73. The Morgan fingerprint density at radius 2 is 2.00 bits per heavy atom. The maximum absolute atomic E-state index is 13.4. The Morgan fingerprint density at radius 1 is 1.14 bits per heavy atom. The van der Waals surface area contributed by atoms with Gasteiger partial charge in [-0.05, 0) is 67.1 Å². The minimum absolute atomic E-state index is 0.0513. The number of aromatic nitrogens is 2. The van der Waals surface area contributed by atoms with E-state index in [-0.39, 0.29) is 17.9 Å². The molecule has 1 aromatic heterocycles. The van der Waals surface area contributed by atoms with E-state index in [1.54, 1.807) is 13.4 Å². The Bertz CT molecular complexity index is 1100. The highest BCUT2D eigenvalue weighted by atomic mass is 16.2. The molecule has 2 aromatic carbocycles. The van der Waals surface area contributed by atoms with Crippen molar-refractivity contribution in [1.82, 2.24) is 20.2 Å². The summed E-state index contributed by atoms with van der Waals surface area (Å²) in [6, 6.07) is 11.9. The molecule has 2 amide bonds. The number of amides is 2. The molecule has 5 rings (SSSR count). The molecule has 0 bridgehead atoms. The number of fused-ring (bicyclic) bond motifs is 4. The lowest BCUT2D eigenvalue weighted by Crippen LogP contribution is -2.49. The number of hydrogen-bond acceptors (Lipinski definition) is 3. The van der Waals surface area contributed by atoms with E-state index in [9.17, 15) is 9.59 Å². The number of nitrogens with one attached hydrogen (secondary N) is 2. The second kappa shape index (κ2) is 7.03. The van der Waals surface area contributed by atoms with Gasteiger partial charge in [0.15, 0.2) is 0 Å². The first kappa shape index (κ1) is 17.9.